The smallest absolute Gasteiger partial charge is 0.106 e. The van der Waals surface area contributed by atoms with Gasteiger partial charge >= 0.3 is 0 Å². The number of hydrogen-bond acceptors (Lipinski definition) is 3. The maximum atomic E-state index is 9.81. The van der Waals surface area contributed by atoms with Crippen LogP contribution in [-0.2, 0) is 0 Å². The molecule has 0 amide bonds. The number of benzene rings is 1. The zero-order chi connectivity index (χ0) is 10.8. The maximum absolute atomic E-state index is 9.81. The Balaban J connectivity index is 2.35. The van der Waals surface area contributed by atoms with Crippen LogP contribution in [0, 0.1) is 0 Å². The summed E-state index contributed by atoms with van der Waals surface area (Å²) in [4.78, 5) is 0. The van der Waals surface area contributed by atoms with Crippen molar-refractivity contribution in [3.63, 3.8) is 0 Å². The van der Waals surface area contributed by atoms with Gasteiger partial charge in [-0.1, -0.05) is 22.0 Å². The van der Waals surface area contributed by atoms with Crippen LogP contribution < -0.4 is 0 Å². The normalized spacial score (nSPS) is 15.4. The summed E-state index contributed by atoms with van der Waals surface area (Å²) in [5.74, 6) is 0. The number of fused-ring (bicyclic) bond motifs is 1. The molecule has 80 valence electrons. The molecule has 2 N–H and O–H groups in total. The van der Waals surface area contributed by atoms with Gasteiger partial charge in [-0.15, -0.1) is 11.3 Å². The molecule has 2 atom stereocenters. The first-order valence-electron chi connectivity index (χ1n) is 4.61. The lowest BCUT2D eigenvalue weighted by molar-refractivity contribution is 0.0343. The third kappa shape index (κ3) is 2.23. The number of aliphatic hydroxyl groups excluding tert-OH is 2. The van der Waals surface area contributed by atoms with E-state index in [0.717, 1.165) is 10.9 Å². The first kappa shape index (κ1) is 11.1. The summed E-state index contributed by atoms with van der Waals surface area (Å²) in [5.41, 5.74) is 0.757. The van der Waals surface area contributed by atoms with Crippen LogP contribution in [0.25, 0.3) is 10.1 Å². The highest BCUT2D eigenvalue weighted by Gasteiger charge is 2.17. The molecule has 0 bridgehead atoms. The number of alkyl halides is 1. The van der Waals surface area contributed by atoms with Crippen LogP contribution in [0.4, 0.5) is 0 Å². The second kappa shape index (κ2) is 4.61. The lowest BCUT2D eigenvalue weighted by atomic mass is 10.0. The van der Waals surface area contributed by atoms with Gasteiger partial charge in [-0.2, -0.15) is 0 Å². The van der Waals surface area contributed by atoms with Gasteiger partial charge in [0.25, 0.3) is 0 Å². The van der Waals surface area contributed by atoms with Gasteiger partial charge < -0.3 is 10.2 Å². The zero-order valence-corrected chi connectivity index (χ0v) is 10.3. The second-order valence-electron chi connectivity index (χ2n) is 3.38. The number of rotatable bonds is 3. The van der Waals surface area contributed by atoms with Crippen molar-refractivity contribution >= 4 is 37.4 Å². The van der Waals surface area contributed by atoms with E-state index in [1.807, 2.05) is 29.6 Å². The van der Waals surface area contributed by atoms with Crippen molar-refractivity contribution in [3.8, 4) is 0 Å². The molecular weight excluding hydrogens is 276 g/mol. The average Bonchev–Trinajstić information content (AvgIpc) is 2.73. The molecule has 0 aliphatic heterocycles. The van der Waals surface area contributed by atoms with Gasteiger partial charge in [-0.05, 0) is 34.5 Å². The number of thiophene rings is 1. The van der Waals surface area contributed by atoms with Crippen molar-refractivity contribution in [2.75, 3.05) is 5.33 Å². The summed E-state index contributed by atoms with van der Waals surface area (Å²) >= 11 is 4.82. The topological polar surface area (TPSA) is 40.5 Å². The van der Waals surface area contributed by atoms with E-state index in [2.05, 4.69) is 15.9 Å². The molecule has 0 spiro atoms. The zero-order valence-electron chi connectivity index (χ0n) is 7.93. The van der Waals surface area contributed by atoms with E-state index >= 15 is 0 Å². The van der Waals surface area contributed by atoms with Gasteiger partial charge in [-0.3, -0.25) is 0 Å². The summed E-state index contributed by atoms with van der Waals surface area (Å²) in [6.07, 6.45) is -1.59. The Bertz CT molecular complexity index is 455. The van der Waals surface area contributed by atoms with Crippen molar-refractivity contribution in [1.82, 2.24) is 0 Å². The Morgan fingerprint density at radius 2 is 2.07 bits per heavy atom. The molecule has 1 aromatic carbocycles. The monoisotopic (exact) mass is 286 g/mol. The summed E-state index contributed by atoms with van der Waals surface area (Å²) < 4.78 is 1.19. The van der Waals surface area contributed by atoms with Crippen molar-refractivity contribution in [1.29, 1.82) is 0 Å². The van der Waals surface area contributed by atoms with Gasteiger partial charge in [-0.25, -0.2) is 0 Å². The first-order valence-corrected chi connectivity index (χ1v) is 6.61. The molecule has 0 radical (unpaired) electrons. The molecule has 1 aromatic heterocycles. The van der Waals surface area contributed by atoms with Gasteiger partial charge in [0.15, 0.2) is 0 Å². The minimum atomic E-state index is -0.825. The highest BCUT2D eigenvalue weighted by atomic mass is 79.9. The molecule has 0 aliphatic carbocycles. The Labute approximate surface area is 100 Å². The third-order valence-corrected chi connectivity index (χ3v) is 3.90. The van der Waals surface area contributed by atoms with Crippen LogP contribution in [-0.4, -0.2) is 21.6 Å². The maximum Gasteiger partial charge on any atom is 0.106 e. The molecule has 0 saturated heterocycles. The molecule has 2 nitrogen and oxygen atoms in total. The Morgan fingerprint density at radius 3 is 2.80 bits per heavy atom. The molecule has 4 heteroatoms. The van der Waals surface area contributed by atoms with Crippen molar-refractivity contribution < 1.29 is 10.2 Å². The molecule has 0 saturated carbocycles. The third-order valence-electron chi connectivity index (χ3n) is 2.34. The fourth-order valence-corrected chi connectivity index (χ4v) is 2.60. The van der Waals surface area contributed by atoms with Crippen LogP contribution in [0.3, 0.4) is 0 Å². The number of hydrogen-bond donors (Lipinski definition) is 2. The quantitative estimate of drug-likeness (QED) is 0.852. The molecule has 0 fully saturated rings. The molecular formula is C11H11BrO2S. The minimum absolute atomic E-state index is 0.371. The Kier molecular flexibility index (Phi) is 3.41. The number of aliphatic hydroxyl groups is 2. The van der Waals surface area contributed by atoms with Gasteiger partial charge in [0.2, 0.25) is 0 Å². The second-order valence-corrected chi connectivity index (χ2v) is 4.98. The van der Waals surface area contributed by atoms with Gasteiger partial charge in [0.05, 0.1) is 6.10 Å². The Hall–Kier alpha value is -0.420. The van der Waals surface area contributed by atoms with E-state index in [-0.39, 0.29) is 0 Å². The van der Waals surface area contributed by atoms with Crippen LogP contribution in [0.15, 0.2) is 29.6 Å². The average molecular weight is 287 g/mol. The van der Waals surface area contributed by atoms with Crippen LogP contribution in [0.1, 0.15) is 11.7 Å². The molecule has 2 rings (SSSR count). The number of halogens is 1. The molecule has 2 aromatic rings. The summed E-state index contributed by atoms with van der Waals surface area (Å²) in [7, 11) is 0. The van der Waals surface area contributed by atoms with Gasteiger partial charge in [0.1, 0.15) is 6.10 Å². The predicted octanol–water partition coefficient (Wildman–Crippen LogP) is 2.69. The first-order chi connectivity index (χ1) is 7.22. The molecule has 15 heavy (non-hydrogen) atoms. The lowest BCUT2D eigenvalue weighted by Gasteiger charge is -2.15. The minimum Gasteiger partial charge on any atom is -0.389 e. The van der Waals surface area contributed by atoms with Crippen LogP contribution >= 0.6 is 27.3 Å². The summed E-state index contributed by atoms with van der Waals surface area (Å²) in [6, 6.07) is 7.76. The van der Waals surface area contributed by atoms with Crippen molar-refractivity contribution in [2.24, 2.45) is 0 Å². The van der Waals surface area contributed by atoms with E-state index in [1.165, 1.54) is 4.70 Å². The van der Waals surface area contributed by atoms with Crippen molar-refractivity contribution in [2.45, 2.75) is 12.2 Å². The largest absolute Gasteiger partial charge is 0.389 e. The summed E-state index contributed by atoms with van der Waals surface area (Å²) in [5, 5.41) is 22.8. The molecule has 0 aliphatic rings. The van der Waals surface area contributed by atoms with E-state index in [4.69, 9.17) is 0 Å². The van der Waals surface area contributed by atoms with Crippen molar-refractivity contribution in [3.05, 3.63) is 35.2 Å². The SMILES string of the molecule is OC(CBr)C(O)c1ccc2sccc2c1. The van der Waals surface area contributed by atoms with Crippen LogP contribution in [0.2, 0.25) is 0 Å². The van der Waals surface area contributed by atoms with E-state index in [1.54, 1.807) is 11.3 Å². The lowest BCUT2D eigenvalue weighted by Crippen LogP contribution is -2.19. The predicted molar refractivity (Wildman–Crippen MR) is 66.6 cm³/mol. The Morgan fingerprint density at radius 1 is 1.27 bits per heavy atom. The molecule has 1 heterocycles. The van der Waals surface area contributed by atoms with E-state index in [9.17, 15) is 10.2 Å². The van der Waals surface area contributed by atoms with Crippen LogP contribution in [0.5, 0.6) is 0 Å². The summed E-state index contributed by atoms with van der Waals surface area (Å²) in [6.45, 7) is 0. The molecule has 2 unspecified atom stereocenters. The van der Waals surface area contributed by atoms with E-state index < -0.39 is 12.2 Å². The fourth-order valence-electron chi connectivity index (χ4n) is 1.48. The fraction of sp³-hybridized carbons (Fsp3) is 0.273. The van der Waals surface area contributed by atoms with Gasteiger partial charge in [0, 0.05) is 10.0 Å². The van der Waals surface area contributed by atoms with E-state index in [0.29, 0.717) is 5.33 Å². The highest BCUT2D eigenvalue weighted by Crippen LogP contribution is 2.26. The standard InChI is InChI=1S/C11H11BrO2S/c12-6-9(13)11(14)8-1-2-10-7(5-8)3-4-15-10/h1-5,9,11,13-14H,6H2. The highest BCUT2D eigenvalue weighted by molar-refractivity contribution is 9.09.